The molecule has 3 heteroatoms. The molecular weight excluding hydrogens is 224 g/mol. The van der Waals surface area contributed by atoms with Gasteiger partial charge in [0.1, 0.15) is 0 Å². The van der Waals surface area contributed by atoms with Gasteiger partial charge in [0.15, 0.2) is 0 Å². The fourth-order valence-corrected chi connectivity index (χ4v) is 3.28. The van der Waals surface area contributed by atoms with E-state index in [2.05, 4.69) is 44.8 Å². The van der Waals surface area contributed by atoms with Gasteiger partial charge in [-0.2, -0.15) is 0 Å². The van der Waals surface area contributed by atoms with Crippen molar-refractivity contribution in [2.45, 2.75) is 52.6 Å². The Balaban J connectivity index is 2.04. The highest BCUT2D eigenvalue weighted by molar-refractivity contribution is 4.97. The van der Waals surface area contributed by atoms with Gasteiger partial charge in [0.25, 0.3) is 0 Å². The highest BCUT2D eigenvalue weighted by Gasteiger charge is 2.39. The predicted octanol–water partition coefficient (Wildman–Crippen LogP) is 2.12. The summed E-state index contributed by atoms with van der Waals surface area (Å²) in [4.78, 5) is 2.70. The zero-order valence-electron chi connectivity index (χ0n) is 12.8. The van der Waals surface area contributed by atoms with Gasteiger partial charge in [-0.15, -0.1) is 0 Å². The summed E-state index contributed by atoms with van der Waals surface area (Å²) in [5, 5.41) is 3.70. The average Bonchev–Trinajstić information content (AvgIpc) is 2.66. The van der Waals surface area contributed by atoms with Crippen LogP contribution in [-0.4, -0.2) is 49.3 Å². The molecule has 3 nitrogen and oxygen atoms in total. The Kier molecular flexibility index (Phi) is 4.05. The molecule has 2 aliphatic heterocycles. The number of hydrogen-bond acceptors (Lipinski definition) is 3. The van der Waals surface area contributed by atoms with Crippen molar-refractivity contribution in [3.8, 4) is 0 Å². The summed E-state index contributed by atoms with van der Waals surface area (Å²) in [7, 11) is 0. The van der Waals surface area contributed by atoms with E-state index in [9.17, 15) is 0 Å². The maximum absolute atomic E-state index is 5.53. The number of ether oxygens (including phenoxy) is 1. The average molecular weight is 254 g/mol. The van der Waals surface area contributed by atoms with E-state index < -0.39 is 0 Å². The molecule has 0 aromatic heterocycles. The quantitative estimate of drug-likeness (QED) is 0.817. The molecule has 0 bridgehead atoms. The molecule has 2 unspecified atom stereocenters. The second kappa shape index (κ2) is 5.10. The van der Waals surface area contributed by atoms with Gasteiger partial charge in [-0.25, -0.2) is 0 Å². The highest BCUT2D eigenvalue weighted by Crippen LogP contribution is 2.30. The van der Waals surface area contributed by atoms with Crippen molar-refractivity contribution < 1.29 is 4.74 Å². The number of rotatable bonds is 2. The minimum atomic E-state index is 0.237. The first-order valence-electron chi connectivity index (χ1n) is 7.35. The van der Waals surface area contributed by atoms with Crippen molar-refractivity contribution in [3.63, 3.8) is 0 Å². The van der Waals surface area contributed by atoms with Crippen LogP contribution in [0.15, 0.2) is 0 Å². The van der Waals surface area contributed by atoms with E-state index in [0.29, 0.717) is 11.5 Å². The van der Waals surface area contributed by atoms with Crippen LogP contribution in [0.2, 0.25) is 0 Å². The molecule has 2 heterocycles. The van der Waals surface area contributed by atoms with Crippen molar-refractivity contribution in [3.05, 3.63) is 0 Å². The van der Waals surface area contributed by atoms with Crippen LogP contribution >= 0.6 is 0 Å². The Labute approximate surface area is 112 Å². The lowest BCUT2D eigenvalue weighted by Gasteiger charge is -2.50. The van der Waals surface area contributed by atoms with E-state index in [-0.39, 0.29) is 5.54 Å². The van der Waals surface area contributed by atoms with Crippen LogP contribution in [-0.2, 0) is 4.74 Å². The van der Waals surface area contributed by atoms with Crippen molar-refractivity contribution in [1.29, 1.82) is 0 Å². The van der Waals surface area contributed by atoms with Crippen molar-refractivity contribution in [2.75, 3.05) is 32.8 Å². The third kappa shape index (κ3) is 3.46. The third-order valence-electron chi connectivity index (χ3n) is 4.33. The van der Waals surface area contributed by atoms with E-state index in [1.54, 1.807) is 0 Å². The van der Waals surface area contributed by atoms with Crippen LogP contribution in [0.3, 0.4) is 0 Å². The van der Waals surface area contributed by atoms with Gasteiger partial charge in [0.05, 0.1) is 6.61 Å². The predicted molar refractivity (Wildman–Crippen MR) is 75.8 cm³/mol. The standard InChI is InChI=1S/C15H30N2O/c1-14(2,3)13-8-16-15(4,5)11-17(13)9-12-6-7-18-10-12/h12-13,16H,6-11H2,1-5H3. The normalized spacial score (nSPS) is 33.8. The molecule has 18 heavy (non-hydrogen) atoms. The molecule has 0 aliphatic carbocycles. The van der Waals surface area contributed by atoms with Crippen LogP contribution in [0.1, 0.15) is 41.0 Å². The van der Waals surface area contributed by atoms with E-state index in [0.717, 1.165) is 32.2 Å². The molecule has 2 fully saturated rings. The van der Waals surface area contributed by atoms with Gasteiger partial charge in [-0.3, -0.25) is 4.90 Å². The van der Waals surface area contributed by atoms with Gasteiger partial charge >= 0.3 is 0 Å². The minimum absolute atomic E-state index is 0.237. The first-order valence-corrected chi connectivity index (χ1v) is 7.35. The largest absolute Gasteiger partial charge is 0.381 e. The molecule has 0 amide bonds. The molecule has 2 saturated heterocycles. The lowest BCUT2D eigenvalue weighted by Crippen LogP contribution is -2.65. The maximum atomic E-state index is 5.53. The first kappa shape index (κ1) is 14.3. The van der Waals surface area contributed by atoms with E-state index >= 15 is 0 Å². The van der Waals surface area contributed by atoms with Gasteiger partial charge in [0, 0.05) is 37.8 Å². The highest BCUT2D eigenvalue weighted by atomic mass is 16.5. The minimum Gasteiger partial charge on any atom is -0.381 e. The van der Waals surface area contributed by atoms with Crippen LogP contribution in [0.25, 0.3) is 0 Å². The van der Waals surface area contributed by atoms with Crippen molar-refractivity contribution >= 4 is 0 Å². The Morgan fingerprint density at radius 3 is 2.61 bits per heavy atom. The van der Waals surface area contributed by atoms with Gasteiger partial charge in [0.2, 0.25) is 0 Å². The Morgan fingerprint density at radius 2 is 2.06 bits per heavy atom. The molecule has 2 rings (SSSR count). The summed E-state index contributed by atoms with van der Waals surface area (Å²) >= 11 is 0. The monoisotopic (exact) mass is 254 g/mol. The molecule has 0 saturated carbocycles. The SMILES string of the molecule is CC1(C)CN(CC2CCOC2)C(C(C)(C)C)CN1. The molecule has 2 atom stereocenters. The Bertz CT molecular complexity index is 277. The van der Waals surface area contributed by atoms with Crippen LogP contribution < -0.4 is 5.32 Å². The lowest BCUT2D eigenvalue weighted by molar-refractivity contribution is 0.0205. The van der Waals surface area contributed by atoms with Crippen molar-refractivity contribution in [2.24, 2.45) is 11.3 Å². The zero-order chi connectivity index (χ0) is 13.4. The molecule has 0 aromatic rings. The van der Waals surface area contributed by atoms with E-state index in [4.69, 9.17) is 4.74 Å². The number of nitrogens with one attached hydrogen (secondary N) is 1. The molecule has 0 radical (unpaired) electrons. The van der Waals surface area contributed by atoms with Gasteiger partial charge in [-0.1, -0.05) is 20.8 Å². The first-order chi connectivity index (χ1) is 8.28. The van der Waals surface area contributed by atoms with Gasteiger partial charge in [-0.05, 0) is 31.6 Å². The summed E-state index contributed by atoms with van der Waals surface area (Å²) < 4.78 is 5.53. The second-order valence-corrected chi connectivity index (χ2v) is 7.81. The summed E-state index contributed by atoms with van der Waals surface area (Å²) in [6.45, 7) is 17.1. The fourth-order valence-electron chi connectivity index (χ4n) is 3.28. The topological polar surface area (TPSA) is 24.5 Å². The summed E-state index contributed by atoms with van der Waals surface area (Å²) in [6.07, 6.45) is 1.24. The second-order valence-electron chi connectivity index (χ2n) is 7.81. The molecule has 2 aliphatic rings. The van der Waals surface area contributed by atoms with Crippen LogP contribution in [0.4, 0.5) is 0 Å². The smallest absolute Gasteiger partial charge is 0.0507 e. The molecular formula is C15H30N2O. The molecule has 0 spiro atoms. The fraction of sp³-hybridized carbons (Fsp3) is 1.00. The van der Waals surface area contributed by atoms with Gasteiger partial charge < -0.3 is 10.1 Å². The van der Waals surface area contributed by atoms with Crippen LogP contribution in [0.5, 0.6) is 0 Å². The van der Waals surface area contributed by atoms with Crippen LogP contribution in [0, 0.1) is 11.3 Å². The third-order valence-corrected chi connectivity index (χ3v) is 4.33. The maximum Gasteiger partial charge on any atom is 0.0507 e. The number of nitrogens with zero attached hydrogens (tertiary/aromatic N) is 1. The molecule has 106 valence electrons. The van der Waals surface area contributed by atoms with Crippen molar-refractivity contribution in [1.82, 2.24) is 10.2 Å². The lowest BCUT2D eigenvalue weighted by atomic mass is 9.82. The Hall–Kier alpha value is -0.120. The number of hydrogen-bond donors (Lipinski definition) is 1. The summed E-state index contributed by atoms with van der Waals surface area (Å²) in [5.41, 5.74) is 0.574. The molecule has 1 N–H and O–H groups in total. The summed E-state index contributed by atoms with van der Waals surface area (Å²) in [5.74, 6) is 0.740. The summed E-state index contributed by atoms with van der Waals surface area (Å²) in [6, 6.07) is 0.631. The number of piperazine rings is 1. The van der Waals surface area contributed by atoms with E-state index in [1.165, 1.54) is 13.0 Å². The zero-order valence-corrected chi connectivity index (χ0v) is 12.8. The molecule has 0 aromatic carbocycles. The Morgan fingerprint density at radius 1 is 1.33 bits per heavy atom. The van der Waals surface area contributed by atoms with E-state index in [1.807, 2.05) is 0 Å².